The molecule has 0 radical (unpaired) electrons. The van der Waals surface area contributed by atoms with Crippen LogP contribution in [0.5, 0.6) is 28.7 Å². The minimum absolute atomic E-state index is 0.0347. The largest absolute Gasteiger partial charge is 0.508 e. The SMILES string of the molecule is Cc1cc2ccc(O)cc2c(O)c1-c1c(C)cc2cc(O)c(O)cc2c1O. The number of aromatic hydroxyl groups is 5. The van der Waals surface area contributed by atoms with Gasteiger partial charge in [0.2, 0.25) is 0 Å². The number of hydrogen-bond donors (Lipinski definition) is 5. The maximum absolute atomic E-state index is 10.9. The molecule has 5 N–H and O–H groups in total. The highest BCUT2D eigenvalue weighted by Gasteiger charge is 2.20. The highest BCUT2D eigenvalue weighted by Crippen LogP contribution is 2.48. The maximum Gasteiger partial charge on any atom is 0.158 e. The van der Waals surface area contributed by atoms with E-state index in [0.717, 1.165) is 10.9 Å². The first kappa shape index (κ1) is 16.8. The average Bonchev–Trinajstić information content (AvgIpc) is 2.60. The van der Waals surface area contributed by atoms with Gasteiger partial charge >= 0.3 is 0 Å². The lowest BCUT2D eigenvalue weighted by molar-refractivity contribution is 0.404. The molecule has 0 aromatic heterocycles. The highest BCUT2D eigenvalue weighted by molar-refractivity contribution is 6.03. The third-order valence-electron chi connectivity index (χ3n) is 4.95. The van der Waals surface area contributed by atoms with Crippen LogP contribution in [0.3, 0.4) is 0 Å². The normalized spacial score (nSPS) is 11.3. The molecule has 5 heteroatoms. The average molecular weight is 362 g/mol. The van der Waals surface area contributed by atoms with Crippen molar-refractivity contribution in [3.05, 3.63) is 53.6 Å². The minimum atomic E-state index is -0.336. The molecule has 0 unspecified atom stereocenters. The van der Waals surface area contributed by atoms with Gasteiger partial charge in [0.05, 0.1) is 0 Å². The first-order valence-corrected chi connectivity index (χ1v) is 8.42. The molecule has 4 aromatic rings. The van der Waals surface area contributed by atoms with Crippen LogP contribution in [-0.4, -0.2) is 25.5 Å². The summed E-state index contributed by atoms with van der Waals surface area (Å²) in [6, 6.07) is 11.1. The van der Waals surface area contributed by atoms with Crippen molar-refractivity contribution in [2.45, 2.75) is 13.8 Å². The Morgan fingerprint density at radius 3 is 1.70 bits per heavy atom. The van der Waals surface area contributed by atoms with Gasteiger partial charge in [0.25, 0.3) is 0 Å². The third-order valence-corrected chi connectivity index (χ3v) is 4.95. The smallest absolute Gasteiger partial charge is 0.158 e. The van der Waals surface area contributed by atoms with E-state index in [-0.39, 0.29) is 28.7 Å². The molecule has 136 valence electrons. The summed E-state index contributed by atoms with van der Waals surface area (Å²) in [5.41, 5.74) is 2.35. The molecule has 0 fully saturated rings. The van der Waals surface area contributed by atoms with E-state index in [4.69, 9.17) is 0 Å². The summed E-state index contributed by atoms with van der Waals surface area (Å²) >= 11 is 0. The number of phenols is 5. The summed E-state index contributed by atoms with van der Waals surface area (Å²) < 4.78 is 0. The lowest BCUT2D eigenvalue weighted by Crippen LogP contribution is -1.92. The molecule has 0 saturated heterocycles. The molecule has 0 atom stereocenters. The number of benzene rings is 4. The Hall–Kier alpha value is -3.60. The molecule has 0 amide bonds. The van der Waals surface area contributed by atoms with Gasteiger partial charge in [-0.2, -0.15) is 0 Å². The van der Waals surface area contributed by atoms with Crippen molar-refractivity contribution in [2.24, 2.45) is 0 Å². The summed E-state index contributed by atoms with van der Waals surface area (Å²) in [4.78, 5) is 0. The van der Waals surface area contributed by atoms with E-state index in [2.05, 4.69) is 0 Å². The summed E-state index contributed by atoms with van der Waals surface area (Å²) in [7, 11) is 0. The Balaban J connectivity index is 2.12. The van der Waals surface area contributed by atoms with Crippen molar-refractivity contribution in [3.8, 4) is 39.9 Å². The summed E-state index contributed by atoms with van der Waals surface area (Å²) in [5, 5.41) is 53.3. The molecule has 27 heavy (non-hydrogen) atoms. The molecule has 0 aliphatic heterocycles. The van der Waals surface area contributed by atoms with Crippen molar-refractivity contribution in [1.29, 1.82) is 0 Å². The predicted molar refractivity (Wildman–Crippen MR) is 105 cm³/mol. The first-order chi connectivity index (χ1) is 12.8. The van der Waals surface area contributed by atoms with E-state index in [1.165, 1.54) is 18.2 Å². The molecule has 0 aliphatic carbocycles. The van der Waals surface area contributed by atoms with Crippen LogP contribution in [0.4, 0.5) is 0 Å². The number of aryl methyl sites for hydroxylation is 2. The zero-order valence-corrected chi connectivity index (χ0v) is 14.8. The van der Waals surface area contributed by atoms with E-state index in [1.807, 2.05) is 13.0 Å². The van der Waals surface area contributed by atoms with Crippen molar-refractivity contribution in [2.75, 3.05) is 0 Å². The molecule has 4 rings (SSSR count). The van der Waals surface area contributed by atoms with E-state index in [9.17, 15) is 25.5 Å². The van der Waals surface area contributed by atoms with Crippen LogP contribution in [0.15, 0.2) is 42.5 Å². The molecular weight excluding hydrogens is 344 g/mol. The molecule has 0 aliphatic rings. The summed E-state index contributed by atoms with van der Waals surface area (Å²) in [5.74, 6) is -0.710. The highest BCUT2D eigenvalue weighted by atomic mass is 16.3. The second kappa shape index (κ2) is 5.71. The van der Waals surface area contributed by atoms with Gasteiger partial charge in [-0.05, 0) is 60.0 Å². The van der Waals surface area contributed by atoms with Crippen LogP contribution in [0.2, 0.25) is 0 Å². The van der Waals surface area contributed by atoms with Gasteiger partial charge in [0.1, 0.15) is 17.2 Å². The predicted octanol–water partition coefficient (Wildman–Crippen LogP) is 4.80. The second-order valence-electron chi connectivity index (χ2n) is 6.80. The monoisotopic (exact) mass is 362 g/mol. The summed E-state index contributed by atoms with van der Waals surface area (Å²) in [6.07, 6.45) is 0. The van der Waals surface area contributed by atoms with Crippen LogP contribution in [0, 0.1) is 13.8 Å². The Bertz CT molecular complexity index is 1240. The van der Waals surface area contributed by atoms with Gasteiger partial charge in [-0.1, -0.05) is 18.2 Å². The van der Waals surface area contributed by atoms with E-state index in [0.29, 0.717) is 32.8 Å². The Labute approximate surface area is 155 Å². The van der Waals surface area contributed by atoms with Gasteiger partial charge in [0.15, 0.2) is 11.5 Å². The molecule has 0 saturated carbocycles. The Morgan fingerprint density at radius 1 is 0.556 bits per heavy atom. The van der Waals surface area contributed by atoms with Crippen molar-refractivity contribution < 1.29 is 25.5 Å². The van der Waals surface area contributed by atoms with Crippen LogP contribution in [-0.2, 0) is 0 Å². The lowest BCUT2D eigenvalue weighted by atomic mass is 9.89. The van der Waals surface area contributed by atoms with E-state index >= 15 is 0 Å². The fraction of sp³-hybridized carbons (Fsp3) is 0.0909. The van der Waals surface area contributed by atoms with Gasteiger partial charge < -0.3 is 25.5 Å². The number of phenolic OH excluding ortho intramolecular Hbond substituents is 5. The van der Waals surface area contributed by atoms with Crippen LogP contribution >= 0.6 is 0 Å². The van der Waals surface area contributed by atoms with Crippen molar-refractivity contribution >= 4 is 21.5 Å². The fourth-order valence-corrected chi connectivity index (χ4v) is 3.68. The number of fused-ring (bicyclic) bond motifs is 2. The molecule has 0 bridgehead atoms. The van der Waals surface area contributed by atoms with Crippen molar-refractivity contribution in [3.63, 3.8) is 0 Å². The zero-order valence-electron chi connectivity index (χ0n) is 14.8. The van der Waals surface area contributed by atoms with Crippen LogP contribution < -0.4 is 0 Å². The second-order valence-corrected chi connectivity index (χ2v) is 6.80. The standard InChI is InChI=1S/C22H18O5/c1-10-5-12-3-4-14(23)8-15(12)21(26)19(10)20-11(2)6-13-7-17(24)18(25)9-16(13)22(20)27/h3-9,23-27H,1-2H3. The topological polar surface area (TPSA) is 101 Å². The Morgan fingerprint density at radius 2 is 1.07 bits per heavy atom. The van der Waals surface area contributed by atoms with Crippen LogP contribution in [0.1, 0.15) is 11.1 Å². The zero-order chi connectivity index (χ0) is 19.5. The first-order valence-electron chi connectivity index (χ1n) is 8.42. The summed E-state index contributed by atoms with van der Waals surface area (Å²) in [6.45, 7) is 3.63. The minimum Gasteiger partial charge on any atom is -0.508 e. The maximum atomic E-state index is 10.9. The molecule has 5 nitrogen and oxygen atoms in total. The Kier molecular flexibility index (Phi) is 3.56. The molecule has 0 heterocycles. The lowest BCUT2D eigenvalue weighted by Gasteiger charge is -2.17. The van der Waals surface area contributed by atoms with Gasteiger partial charge in [-0.25, -0.2) is 0 Å². The molecular formula is C22H18O5. The van der Waals surface area contributed by atoms with Crippen molar-refractivity contribution in [1.82, 2.24) is 0 Å². The molecule has 4 aromatic carbocycles. The van der Waals surface area contributed by atoms with Gasteiger partial charge in [-0.15, -0.1) is 0 Å². The fourth-order valence-electron chi connectivity index (χ4n) is 3.68. The van der Waals surface area contributed by atoms with Gasteiger partial charge in [0, 0.05) is 21.9 Å². The molecule has 0 spiro atoms. The van der Waals surface area contributed by atoms with Crippen LogP contribution in [0.25, 0.3) is 32.7 Å². The van der Waals surface area contributed by atoms with E-state index in [1.54, 1.807) is 25.1 Å². The number of rotatable bonds is 1. The quantitative estimate of drug-likeness (QED) is 0.313. The number of hydrogen-bond acceptors (Lipinski definition) is 5. The van der Waals surface area contributed by atoms with Gasteiger partial charge in [-0.3, -0.25) is 0 Å². The van der Waals surface area contributed by atoms with E-state index < -0.39 is 0 Å². The third kappa shape index (κ3) is 2.47.